The van der Waals surface area contributed by atoms with Gasteiger partial charge in [0.15, 0.2) is 0 Å². The molecule has 0 fully saturated rings. The normalized spacial score (nSPS) is 10.9. The van der Waals surface area contributed by atoms with Crippen molar-refractivity contribution in [3.8, 4) is 0 Å². The molecule has 0 unspecified atom stereocenters. The van der Waals surface area contributed by atoms with Crippen LogP contribution >= 0.6 is 0 Å². The number of carboxylic acid groups (broad SMARTS) is 1. The maximum Gasteiger partial charge on any atom is 0.471 e. The van der Waals surface area contributed by atoms with Crippen molar-refractivity contribution in [2.75, 3.05) is 6.54 Å². The maximum absolute atomic E-state index is 11.9. The van der Waals surface area contributed by atoms with Crippen molar-refractivity contribution in [1.29, 1.82) is 0 Å². The zero-order valence-corrected chi connectivity index (χ0v) is 11.2. The van der Waals surface area contributed by atoms with Gasteiger partial charge < -0.3 is 15.7 Å². The SMILES string of the molecule is O=C(CCNC(=O)C(F)(F)F)NCc1ccc(C(=O)O)cc1. The number of carbonyl (C=O) groups excluding carboxylic acids is 2. The van der Waals surface area contributed by atoms with Crippen molar-refractivity contribution < 1.29 is 32.7 Å². The second-order valence-electron chi connectivity index (χ2n) is 4.28. The monoisotopic (exact) mass is 318 g/mol. The minimum absolute atomic E-state index is 0.102. The number of rotatable bonds is 6. The number of hydrogen-bond donors (Lipinski definition) is 3. The Morgan fingerprint density at radius 3 is 2.14 bits per heavy atom. The van der Waals surface area contributed by atoms with Gasteiger partial charge in [0.1, 0.15) is 0 Å². The number of nitrogens with one attached hydrogen (secondary N) is 2. The number of aromatic carboxylic acids is 1. The van der Waals surface area contributed by atoms with Crippen LogP contribution in [-0.2, 0) is 16.1 Å². The van der Waals surface area contributed by atoms with Crippen LogP contribution in [-0.4, -0.2) is 35.6 Å². The van der Waals surface area contributed by atoms with Gasteiger partial charge in [-0.2, -0.15) is 13.2 Å². The molecule has 0 aliphatic carbocycles. The van der Waals surface area contributed by atoms with Gasteiger partial charge >= 0.3 is 18.1 Å². The molecule has 0 aliphatic rings. The molecule has 0 aromatic heterocycles. The Bertz CT molecular complexity index is 555. The lowest BCUT2D eigenvalue weighted by atomic mass is 10.1. The van der Waals surface area contributed by atoms with E-state index >= 15 is 0 Å². The van der Waals surface area contributed by atoms with Gasteiger partial charge in [0.25, 0.3) is 0 Å². The lowest BCUT2D eigenvalue weighted by Gasteiger charge is -2.08. The quantitative estimate of drug-likeness (QED) is 0.731. The molecule has 1 aromatic carbocycles. The van der Waals surface area contributed by atoms with E-state index in [1.165, 1.54) is 24.3 Å². The highest BCUT2D eigenvalue weighted by molar-refractivity contribution is 5.87. The van der Waals surface area contributed by atoms with Crippen molar-refractivity contribution in [1.82, 2.24) is 10.6 Å². The van der Waals surface area contributed by atoms with E-state index in [2.05, 4.69) is 5.32 Å². The summed E-state index contributed by atoms with van der Waals surface area (Å²) in [6, 6.07) is 5.76. The number of benzene rings is 1. The summed E-state index contributed by atoms with van der Waals surface area (Å²) in [4.78, 5) is 32.5. The second kappa shape index (κ2) is 7.43. The molecular weight excluding hydrogens is 305 g/mol. The average Bonchev–Trinajstić information content (AvgIpc) is 2.44. The lowest BCUT2D eigenvalue weighted by Crippen LogP contribution is -2.38. The highest BCUT2D eigenvalue weighted by atomic mass is 19.4. The molecule has 120 valence electrons. The van der Waals surface area contributed by atoms with Gasteiger partial charge in [-0.3, -0.25) is 9.59 Å². The van der Waals surface area contributed by atoms with Gasteiger partial charge in [-0.05, 0) is 17.7 Å². The highest BCUT2D eigenvalue weighted by Gasteiger charge is 2.38. The summed E-state index contributed by atoms with van der Waals surface area (Å²) in [7, 11) is 0. The fraction of sp³-hybridized carbons (Fsp3) is 0.308. The molecular formula is C13H13F3N2O4. The van der Waals surface area contributed by atoms with Gasteiger partial charge in [0.05, 0.1) is 5.56 Å². The van der Waals surface area contributed by atoms with E-state index in [-0.39, 0.29) is 18.5 Å². The molecule has 0 saturated carbocycles. The first-order chi connectivity index (χ1) is 10.2. The smallest absolute Gasteiger partial charge is 0.471 e. The van der Waals surface area contributed by atoms with Crippen molar-refractivity contribution in [3.63, 3.8) is 0 Å². The Labute approximate surface area is 123 Å². The Balaban J connectivity index is 2.31. The minimum Gasteiger partial charge on any atom is -0.478 e. The molecule has 1 rings (SSSR count). The van der Waals surface area contributed by atoms with Gasteiger partial charge in [-0.1, -0.05) is 12.1 Å². The van der Waals surface area contributed by atoms with Crippen molar-refractivity contribution >= 4 is 17.8 Å². The summed E-state index contributed by atoms with van der Waals surface area (Å²) in [5, 5.41) is 12.7. The Morgan fingerprint density at radius 1 is 1.05 bits per heavy atom. The molecule has 0 saturated heterocycles. The third kappa shape index (κ3) is 5.81. The number of alkyl halides is 3. The molecule has 2 amide bonds. The van der Waals surface area contributed by atoms with E-state index in [4.69, 9.17) is 5.11 Å². The van der Waals surface area contributed by atoms with E-state index in [1.54, 1.807) is 5.32 Å². The highest BCUT2D eigenvalue weighted by Crippen LogP contribution is 2.13. The number of carboxylic acids is 1. The van der Waals surface area contributed by atoms with Crippen molar-refractivity contribution in [3.05, 3.63) is 35.4 Å². The van der Waals surface area contributed by atoms with E-state index in [0.29, 0.717) is 5.56 Å². The first-order valence-electron chi connectivity index (χ1n) is 6.14. The standard InChI is InChI=1S/C13H13F3N2O4/c14-13(15,16)12(22)17-6-5-10(19)18-7-8-1-3-9(4-2-8)11(20)21/h1-4H,5-7H2,(H,17,22)(H,18,19)(H,20,21). The molecule has 0 bridgehead atoms. The summed E-state index contributed by atoms with van der Waals surface area (Å²) in [6.45, 7) is -0.325. The molecule has 0 radical (unpaired) electrons. The molecule has 3 N–H and O–H groups in total. The first kappa shape index (κ1) is 17.5. The summed E-state index contributed by atoms with van der Waals surface area (Å²) in [5.74, 6) is -3.70. The van der Waals surface area contributed by atoms with Crippen LogP contribution < -0.4 is 10.6 Å². The molecule has 6 nitrogen and oxygen atoms in total. The van der Waals surface area contributed by atoms with Gasteiger partial charge in [-0.15, -0.1) is 0 Å². The number of hydrogen-bond acceptors (Lipinski definition) is 3. The van der Waals surface area contributed by atoms with Crippen LogP contribution in [0.2, 0.25) is 0 Å². The second-order valence-corrected chi connectivity index (χ2v) is 4.28. The molecule has 9 heteroatoms. The van der Waals surface area contributed by atoms with E-state index in [9.17, 15) is 27.6 Å². The zero-order chi connectivity index (χ0) is 16.8. The van der Waals surface area contributed by atoms with Crippen LogP contribution in [0.15, 0.2) is 24.3 Å². The number of halogens is 3. The molecule has 0 atom stereocenters. The van der Waals surface area contributed by atoms with Crippen LogP contribution in [0.3, 0.4) is 0 Å². The largest absolute Gasteiger partial charge is 0.478 e. The predicted octanol–water partition coefficient (Wildman–Crippen LogP) is 1.07. The summed E-state index contributed by atoms with van der Waals surface area (Å²) < 4.78 is 35.6. The van der Waals surface area contributed by atoms with Crippen LogP contribution in [0, 0.1) is 0 Å². The molecule has 0 aliphatic heterocycles. The maximum atomic E-state index is 11.9. The number of amides is 2. The summed E-state index contributed by atoms with van der Waals surface area (Å²) >= 11 is 0. The minimum atomic E-state index is -4.97. The van der Waals surface area contributed by atoms with Gasteiger partial charge in [0.2, 0.25) is 5.91 Å². The van der Waals surface area contributed by atoms with Crippen LogP contribution in [0.4, 0.5) is 13.2 Å². The molecule has 0 heterocycles. The zero-order valence-electron chi connectivity index (χ0n) is 11.2. The molecule has 22 heavy (non-hydrogen) atoms. The fourth-order valence-electron chi connectivity index (χ4n) is 1.44. The summed E-state index contributed by atoms with van der Waals surface area (Å²) in [5.41, 5.74) is 0.739. The third-order valence-corrected chi connectivity index (χ3v) is 2.59. The summed E-state index contributed by atoms with van der Waals surface area (Å²) in [6.07, 6.45) is -5.27. The Kier molecular flexibility index (Phi) is 5.90. The van der Waals surface area contributed by atoms with Gasteiger partial charge in [-0.25, -0.2) is 4.79 Å². The molecule has 1 aromatic rings. The van der Waals surface area contributed by atoms with Crippen molar-refractivity contribution in [2.24, 2.45) is 0 Å². The number of carbonyl (C=O) groups is 3. The van der Waals surface area contributed by atoms with E-state index in [1.807, 2.05) is 0 Å². The van der Waals surface area contributed by atoms with Crippen LogP contribution in [0.5, 0.6) is 0 Å². The molecule has 0 spiro atoms. The lowest BCUT2D eigenvalue weighted by molar-refractivity contribution is -0.173. The average molecular weight is 318 g/mol. The van der Waals surface area contributed by atoms with Crippen LogP contribution in [0.1, 0.15) is 22.3 Å². The van der Waals surface area contributed by atoms with E-state index < -0.39 is 30.5 Å². The predicted molar refractivity (Wildman–Crippen MR) is 68.9 cm³/mol. The third-order valence-electron chi connectivity index (χ3n) is 2.59. The fourth-order valence-corrected chi connectivity index (χ4v) is 1.44. The Morgan fingerprint density at radius 2 is 1.64 bits per heavy atom. The topological polar surface area (TPSA) is 95.5 Å². The van der Waals surface area contributed by atoms with Crippen LogP contribution in [0.25, 0.3) is 0 Å². The van der Waals surface area contributed by atoms with Gasteiger partial charge in [0, 0.05) is 19.5 Å². The van der Waals surface area contributed by atoms with Crippen molar-refractivity contribution in [2.45, 2.75) is 19.1 Å². The van der Waals surface area contributed by atoms with E-state index in [0.717, 1.165) is 0 Å². The Hall–Kier alpha value is -2.58. The first-order valence-corrected chi connectivity index (χ1v) is 6.14.